The van der Waals surface area contributed by atoms with Gasteiger partial charge in [0.2, 0.25) is 0 Å². The van der Waals surface area contributed by atoms with Crippen molar-refractivity contribution in [3.63, 3.8) is 0 Å². The van der Waals surface area contributed by atoms with E-state index in [4.69, 9.17) is 0 Å². The van der Waals surface area contributed by atoms with Gasteiger partial charge in [-0.3, -0.25) is 0 Å². The van der Waals surface area contributed by atoms with Crippen molar-refractivity contribution in [3.05, 3.63) is 251 Å². The van der Waals surface area contributed by atoms with Crippen LogP contribution in [0.1, 0.15) is 66.6 Å². The zero-order chi connectivity index (χ0) is 47.8. The van der Waals surface area contributed by atoms with Gasteiger partial charge in [0.05, 0.1) is 22.1 Å². The van der Waals surface area contributed by atoms with Gasteiger partial charge in [0, 0.05) is 43.7 Å². The molecular weight excluding hydrogens is 857 g/mol. The Labute approximate surface area is 415 Å². The number of hydrogen-bond acceptors (Lipinski definition) is 0. The van der Waals surface area contributed by atoms with Crippen molar-refractivity contribution < 1.29 is 0 Å². The Morgan fingerprint density at radius 1 is 0.310 bits per heavy atom. The van der Waals surface area contributed by atoms with Crippen LogP contribution in [0.5, 0.6) is 0 Å². The van der Waals surface area contributed by atoms with Gasteiger partial charge in [0.25, 0.3) is 0 Å². The number of para-hydroxylation sites is 3. The van der Waals surface area contributed by atoms with E-state index in [-0.39, 0.29) is 10.8 Å². The third kappa shape index (κ3) is 6.27. The van der Waals surface area contributed by atoms with Gasteiger partial charge in [0.15, 0.2) is 0 Å². The number of aryl methyl sites for hydroxylation is 1. The van der Waals surface area contributed by atoms with E-state index in [1.54, 1.807) is 0 Å². The molecule has 71 heavy (non-hydrogen) atoms. The highest BCUT2D eigenvalue weighted by atomic mass is 15.0. The normalized spacial score (nSPS) is 14.2. The zero-order valence-electron chi connectivity index (χ0n) is 40.8. The lowest BCUT2D eigenvalue weighted by Crippen LogP contribution is -2.15. The van der Waals surface area contributed by atoms with Gasteiger partial charge < -0.3 is 9.13 Å². The monoisotopic (exact) mass is 908 g/mol. The van der Waals surface area contributed by atoms with Gasteiger partial charge in [-0.2, -0.15) is 0 Å². The lowest BCUT2D eigenvalue weighted by molar-refractivity contribution is 0.659. The summed E-state index contributed by atoms with van der Waals surface area (Å²) in [5, 5.41) is 5.09. The van der Waals surface area contributed by atoms with Crippen molar-refractivity contribution in [1.29, 1.82) is 0 Å². The predicted molar refractivity (Wildman–Crippen MR) is 301 cm³/mol. The minimum absolute atomic E-state index is 0.149. The number of rotatable bonds is 6. The molecule has 0 amide bonds. The second-order valence-electron chi connectivity index (χ2n) is 21.1. The molecule has 12 aromatic rings. The molecule has 2 heteroatoms. The first-order valence-corrected chi connectivity index (χ1v) is 25.1. The van der Waals surface area contributed by atoms with Crippen LogP contribution < -0.4 is 0 Å². The molecule has 0 unspecified atom stereocenters. The molecule has 0 bridgehead atoms. The summed E-state index contributed by atoms with van der Waals surface area (Å²) in [7, 11) is 0. The maximum absolute atomic E-state index is 2.47. The summed E-state index contributed by atoms with van der Waals surface area (Å²) in [6.07, 6.45) is 4.55. The van der Waals surface area contributed by atoms with Gasteiger partial charge in [-0.1, -0.05) is 179 Å². The lowest BCUT2D eigenvalue weighted by Gasteiger charge is -2.24. The number of aromatic nitrogens is 2. The topological polar surface area (TPSA) is 9.86 Å². The predicted octanol–water partition coefficient (Wildman–Crippen LogP) is 18.3. The first-order valence-electron chi connectivity index (χ1n) is 25.1. The molecule has 2 nitrogen and oxygen atoms in total. The van der Waals surface area contributed by atoms with E-state index in [1.165, 1.54) is 138 Å². The molecule has 2 aliphatic carbocycles. The van der Waals surface area contributed by atoms with Crippen molar-refractivity contribution >= 4 is 55.8 Å². The second-order valence-corrected chi connectivity index (χ2v) is 21.1. The molecule has 14 rings (SSSR count). The maximum Gasteiger partial charge on any atom is 0.0541 e. The Hall–Kier alpha value is -8.46. The van der Waals surface area contributed by atoms with Crippen LogP contribution in [0.4, 0.5) is 0 Å². The second kappa shape index (κ2) is 15.3. The lowest BCUT2D eigenvalue weighted by atomic mass is 9.79. The maximum atomic E-state index is 2.47. The molecule has 0 saturated heterocycles. The molecule has 338 valence electrons. The Kier molecular flexibility index (Phi) is 8.93. The molecular formula is C69H52N2. The summed E-state index contributed by atoms with van der Waals surface area (Å²) in [6, 6.07) is 79.5. The Bertz CT molecular complexity index is 4210. The van der Waals surface area contributed by atoms with E-state index in [2.05, 4.69) is 268 Å². The van der Waals surface area contributed by atoms with E-state index < -0.39 is 0 Å². The Morgan fingerprint density at radius 3 is 1.24 bits per heavy atom. The molecule has 0 atom stereocenters. The molecule has 0 aliphatic heterocycles. The zero-order valence-corrected chi connectivity index (χ0v) is 40.8. The molecule has 0 saturated carbocycles. The van der Waals surface area contributed by atoms with Crippen LogP contribution in [-0.4, -0.2) is 9.13 Å². The average Bonchev–Trinajstić information content (AvgIpc) is 4.06. The molecule has 2 heterocycles. The fraction of sp³-hybridized carbons (Fsp3) is 0.101. The first-order chi connectivity index (χ1) is 34.6. The van der Waals surface area contributed by atoms with Gasteiger partial charge in [-0.15, -0.1) is 0 Å². The van der Waals surface area contributed by atoms with Gasteiger partial charge >= 0.3 is 0 Å². The molecule has 0 radical (unpaired) electrons. The van der Waals surface area contributed by atoms with E-state index >= 15 is 0 Å². The van der Waals surface area contributed by atoms with Crippen LogP contribution in [-0.2, 0) is 10.8 Å². The van der Waals surface area contributed by atoms with Crippen LogP contribution in [0.3, 0.4) is 0 Å². The highest BCUT2D eigenvalue weighted by Crippen LogP contribution is 2.53. The highest BCUT2D eigenvalue weighted by molar-refractivity contribution is 6.11. The molecule has 0 spiro atoms. The fourth-order valence-electron chi connectivity index (χ4n) is 12.4. The third-order valence-electron chi connectivity index (χ3n) is 16.2. The van der Waals surface area contributed by atoms with E-state index in [1.807, 2.05) is 0 Å². The van der Waals surface area contributed by atoms with Gasteiger partial charge in [-0.05, 0) is 164 Å². The van der Waals surface area contributed by atoms with Crippen LogP contribution in [0.25, 0.3) is 112 Å². The van der Waals surface area contributed by atoms with E-state index in [0.717, 1.165) is 0 Å². The minimum Gasteiger partial charge on any atom is -0.309 e. The molecule has 2 aliphatic rings. The SMILES string of the molecule is Cc1ccc(-n2c3ccccc3c3cc(-c4ccc5c(c4)C(C)(C)c4cc(-c6ccc7c(c6)C(C)(C)c6cc(/C=C/c8ccc9c(c8)c8ccccc8n9-c8ccccc8)ccc6-7)ccc4-5)ccc32)cc1. The summed E-state index contributed by atoms with van der Waals surface area (Å²) < 4.78 is 4.78. The standard InChI is InChI=1S/C69H52N2/c1-43-19-29-51(30-20-43)71-65-18-12-10-16-57(65)59-39-46(28-36-67(59)71)47-25-32-54-55-34-27-49(42-63(55)69(4,5)62(54)40-47)48-26-33-53-52-31-23-45(38-60(52)68(2,3)61(53)41-48)22-21-44-24-35-66-58(37-44)56-15-9-11-17-64(56)70(66)50-13-7-6-8-14-50/h6-42H,1-5H3/b22-21+. The summed E-state index contributed by atoms with van der Waals surface area (Å²) in [5.74, 6) is 0. The largest absolute Gasteiger partial charge is 0.309 e. The van der Waals surface area contributed by atoms with Crippen LogP contribution in [0, 0.1) is 6.92 Å². The summed E-state index contributed by atoms with van der Waals surface area (Å²) in [5.41, 5.74) is 26.5. The fourth-order valence-corrected chi connectivity index (χ4v) is 12.4. The Balaban J connectivity index is 0.754. The summed E-state index contributed by atoms with van der Waals surface area (Å²) >= 11 is 0. The number of hydrogen-bond donors (Lipinski definition) is 0. The average molecular weight is 909 g/mol. The number of benzene rings is 10. The quantitative estimate of drug-likeness (QED) is 0.147. The van der Waals surface area contributed by atoms with Crippen molar-refractivity contribution in [2.24, 2.45) is 0 Å². The molecule has 0 N–H and O–H groups in total. The molecule has 10 aromatic carbocycles. The Morgan fingerprint density at radius 2 is 0.690 bits per heavy atom. The first kappa shape index (κ1) is 41.5. The van der Waals surface area contributed by atoms with Crippen LogP contribution >= 0.6 is 0 Å². The molecule has 0 fully saturated rings. The van der Waals surface area contributed by atoms with E-state index in [9.17, 15) is 0 Å². The van der Waals surface area contributed by atoms with Crippen molar-refractivity contribution in [2.45, 2.75) is 45.4 Å². The summed E-state index contributed by atoms with van der Waals surface area (Å²) in [4.78, 5) is 0. The summed E-state index contributed by atoms with van der Waals surface area (Å²) in [6.45, 7) is 11.7. The number of nitrogens with zero attached hydrogens (tertiary/aromatic N) is 2. The van der Waals surface area contributed by atoms with E-state index in [0.29, 0.717) is 0 Å². The van der Waals surface area contributed by atoms with Crippen LogP contribution in [0.2, 0.25) is 0 Å². The van der Waals surface area contributed by atoms with Crippen LogP contribution in [0.15, 0.2) is 212 Å². The van der Waals surface area contributed by atoms with Crippen molar-refractivity contribution in [3.8, 4) is 55.9 Å². The smallest absolute Gasteiger partial charge is 0.0541 e. The van der Waals surface area contributed by atoms with Gasteiger partial charge in [-0.25, -0.2) is 0 Å². The third-order valence-corrected chi connectivity index (χ3v) is 16.2. The van der Waals surface area contributed by atoms with Crippen molar-refractivity contribution in [2.75, 3.05) is 0 Å². The van der Waals surface area contributed by atoms with Gasteiger partial charge in [0.1, 0.15) is 0 Å². The number of fused-ring (bicyclic) bond motifs is 12. The minimum atomic E-state index is -0.162. The van der Waals surface area contributed by atoms with Crippen molar-refractivity contribution in [1.82, 2.24) is 9.13 Å². The highest BCUT2D eigenvalue weighted by Gasteiger charge is 2.38. The molecule has 2 aromatic heterocycles.